The van der Waals surface area contributed by atoms with Gasteiger partial charge >= 0.3 is 0 Å². The van der Waals surface area contributed by atoms with Crippen LogP contribution in [0.3, 0.4) is 0 Å². The van der Waals surface area contributed by atoms with Gasteiger partial charge in [-0.15, -0.1) is 22.7 Å². The zero-order valence-corrected chi connectivity index (χ0v) is 11.1. The molecule has 0 radical (unpaired) electrons. The number of nitrogens with two attached hydrogens (primary N) is 1. The monoisotopic (exact) mass is 282 g/mol. The van der Waals surface area contributed by atoms with E-state index in [2.05, 4.69) is 15.3 Å². The molecule has 0 atom stereocenters. The third-order valence-electron chi connectivity index (χ3n) is 2.03. The Morgan fingerprint density at radius 2 is 2.28 bits per heavy atom. The lowest BCUT2D eigenvalue weighted by molar-refractivity contribution is 0.0953. The van der Waals surface area contributed by atoms with Crippen molar-refractivity contribution in [2.45, 2.75) is 13.5 Å². The number of ketones is 1. The highest BCUT2D eigenvalue weighted by Gasteiger charge is 2.12. The number of hydrogen-bond donors (Lipinski definition) is 2. The van der Waals surface area contributed by atoms with Gasteiger partial charge in [0.15, 0.2) is 15.9 Å². The predicted molar refractivity (Wildman–Crippen MR) is 69.8 cm³/mol. The Labute approximate surface area is 111 Å². The van der Waals surface area contributed by atoms with E-state index in [1.54, 1.807) is 5.38 Å². The van der Waals surface area contributed by atoms with Crippen molar-refractivity contribution >= 4 is 39.5 Å². The number of carbonyl (C=O) groups is 2. The van der Waals surface area contributed by atoms with Crippen LogP contribution < -0.4 is 11.1 Å². The van der Waals surface area contributed by atoms with Crippen molar-refractivity contribution in [3.05, 3.63) is 27.2 Å². The van der Waals surface area contributed by atoms with E-state index in [-0.39, 0.29) is 11.7 Å². The van der Waals surface area contributed by atoms with Crippen LogP contribution in [-0.4, -0.2) is 21.7 Å². The van der Waals surface area contributed by atoms with Crippen molar-refractivity contribution in [3.63, 3.8) is 0 Å². The van der Waals surface area contributed by atoms with E-state index in [0.29, 0.717) is 27.3 Å². The predicted octanol–water partition coefficient (Wildman–Crippen LogP) is 1.31. The summed E-state index contributed by atoms with van der Waals surface area (Å²) in [4.78, 5) is 31.1. The van der Waals surface area contributed by atoms with Crippen molar-refractivity contribution in [1.29, 1.82) is 0 Å². The second kappa shape index (κ2) is 5.23. The zero-order valence-electron chi connectivity index (χ0n) is 9.47. The quantitative estimate of drug-likeness (QED) is 0.824. The molecule has 0 aliphatic heterocycles. The average Bonchev–Trinajstić information content (AvgIpc) is 2.94. The van der Waals surface area contributed by atoms with Gasteiger partial charge in [-0.05, 0) is 0 Å². The van der Waals surface area contributed by atoms with Gasteiger partial charge in [0.2, 0.25) is 0 Å². The number of carbonyl (C=O) groups excluding carboxylic acids is 2. The highest BCUT2D eigenvalue weighted by atomic mass is 32.1. The Kier molecular flexibility index (Phi) is 3.68. The van der Waals surface area contributed by atoms with E-state index in [0.717, 1.165) is 11.3 Å². The summed E-state index contributed by atoms with van der Waals surface area (Å²) in [5.41, 5.74) is 6.19. The van der Waals surface area contributed by atoms with Gasteiger partial charge < -0.3 is 11.1 Å². The van der Waals surface area contributed by atoms with E-state index >= 15 is 0 Å². The largest absolute Gasteiger partial charge is 0.375 e. The summed E-state index contributed by atoms with van der Waals surface area (Å²) in [5.74, 6) is -0.419. The molecular formula is C10H10N4O2S2. The summed E-state index contributed by atoms with van der Waals surface area (Å²) < 4.78 is 0. The lowest BCUT2D eigenvalue weighted by atomic mass is 10.4. The van der Waals surface area contributed by atoms with Gasteiger partial charge in [-0.1, -0.05) is 0 Å². The number of aromatic nitrogens is 2. The number of Topliss-reactive ketones (excluding diaryl/α,β-unsaturated/α-hetero) is 1. The molecule has 2 aromatic heterocycles. The Hall–Kier alpha value is -1.80. The Bertz CT molecular complexity index is 590. The number of amides is 1. The van der Waals surface area contributed by atoms with E-state index in [9.17, 15) is 9.59 Å². The van der Waals surface area contributed by atoms with Gasteiger partial charge in [0, 0.05) is 12.3 Å². The molecule has 2 aromatic rings. The summed E-state index contributed by atoms with van der Waals surface area (Å²) in [6.07, 6.45) is 1.39. The number of nitrogen functional groups attached to an aromatic ring is 1. The molecule has 0 bridgehead atoms. The fourth-order valence-corrected chi connectivity index (χ4v) is 2.49. The van der Waals surface area contributed by atoms with Crippen molar-refractivity contribution in [2.75, 3.05) is 5.73 Å². The molecule has 1 amide bonds. The van der Waals surface area contributed by atoms with Crippen LogP contribution in [0.2, 0.25) is 0 Å². The molecule has 0 aromatic carbocycles. The SMILES string of the molecule is CC(=O)c1ncc(C(=O)NCc2csc(N)n2)s1. The standard InChI is InChI=1S/C10H10N4O2S2/c1-5(15)9-13-3-7(18-9)8(16)12-2-6-4-17-10(11)14-6/h3-4H,2H2,1H3,(H2,11,14)(H,12,16). The number of nitrogens with one attached hydrogen (secondary N) is 1. The molecule has 2 rings (SSSR count). The molecule has 0 fully saturated rings. The molecule has 0 unspecified atom stereocenters. The lowest BCUT2D eigenvalue weighted by Gasteiger charge is -1.99. The first kappa shape index (κ1) is 12.7. The summed E-state index contributed by atoms with van der Waals surface area (Å²) >= 11 is 2.40. The van der Waals surface area contributed by atoms with Crippen LogP contribution in [0.25, 0.3) is 0 Å². The van der Waals surface area contributed by atoms with Gasteiger partial charge in [-0.3, -0.25) is 9.59 Å². The maximum Gasteiger partial charge on any atom is 0.263 e. The van der Waals surface area contributed by atoms with Crippen LogP contribution in [0, 0.1) is 0 Å². The molecule has 8 heteroatoms. The summed E-state index contributed by atoms with van der Waals surface area (Å²) in [6.45, 7) is 1.72. The van der Waals surface area contributed by atoms with E-state index < -0.39 is 0 Å². The molecular weight excluding hydrogens is 272 g/mol. The Morgan fingerprint density at radius 3 is 2.83 bits per heavy atom. The third-order valence-corrected chi connectivity index (χ3v) is 3.85. The van der Waals surface area contributed by atoms with Gasteiger partial charge in [0.05, 0.1) is 18.4 Å². The number of nitrogens with zero attached hydrogens (tertiary/aromatic N) is 2. The van der Waals surface area contributed by atoms with Gasteiger partial charge in [-0.25, -0.2) is 9.97 Å². The van der Waals surface area contributed by atoms with E-state index in [1.807, 2.05) is 0 Å². The van der Waals surface area contributed by atoms with Crippen LogP contribution >= 0.6 is 22.7 Å². The maximum absolute atomic E-state index is 11.8. The van der Waals surface area contributed by atoms with Crippen molar-refractivity contribution in [2.24, 2.45) is 0 Å². The summed E-state index contributed by atoms with van der Waals surface area (Å²) in [7, 11) is 0. The average molecular weight is 282 g/mol. The van der Waals surface area contributed by atoms with Crippen molar-refractivity contribution < 1.29 is 9.59 Å². The molecule has 0 saturated heterocycles. The topological polar surface area (TPSA) is 98.0 Å². The number of hydrogen-bond acceptors (Lipinski definition) is 7. The number of thiazole rings is 2. The van der Waals surface area contributed by atoms with E-state index in [1.165, 1.54) is 24.5 Å². The van der Waals surface area contributed by atoms with Crippen LogP contribution in [0.1, 0.15) is 32.1 Å². The first-order valence-electron chi connectivity index (χ1n) is 5.01. The van der Waals surface area contributed by atoms with Crippen molar-refractivity contribution in [1.82, 2.24) is 15.3 Å². The minimum absolute atomic E-state index is 0.147. The molecule has 0 spiro atoms. The first-order chi connectivity index (χ1) is 8.56. The van der Waals surface area contributed by atoms with Gasteiger partial charge in [-0.2, -0.15) is 0 Å². The van der Waals surface area contributed by atoms with E-state index in [4.69, 9.17) is 5.73 Å². The molecule has 94 valence electrons. The molecule has 0 aliphatic rings. The highest BCUT2D eigenvalue weighted by molar-refractivity contribution is 7.15. The fourth-order valence-electron chi connectivity index (χ4n) is 1.20. The number of anilines is 1. The first-order valence-corrected chi connectivity index (χ1v) is 6.70. The molecule has 6 nitrogen and oxygen atoms in total. The molecule has 18 heavy (non-hydrogen) atoms. The fraction of sp³-hybridized carbons (Fsp3) is 0.200. The van der Waals surface area contributed by atoms with Gasteiger partial charge in [0.1, 0.15) is 4.88 Å². The minimum Gasteiger partial charge on any atom is -0.375 e. The normalized spacial score (nSPS) is 10.3. The number of rotatable bonds is 4. The van der Waals surface area contributed by atoms with Crippen LogP contribution in [0.4, 0.5) is 5.13 Å². The summed E-state index contributed by atoms with van der Waals surface area (Å²) in [5, 5.41) is 5.27. The maximum atomic E-state index is 11.8. The van der Waals surface area contributed by atoms with Crippen molar-refractivity contribution in [3.8, 4) is 0 Å². The highest BCUT2D eigenvalue weighted by Crippen LogP contribution is 2.14. The van der Waals surface area contributed by atoms with Crippen LogP contribution in [0.15, 0.2) is 11.6 Å². The molecule has 0 saturated carbocycles. The zero-order chi connectivity index (χ0) is 13.1. The third kappa shape index (κ3) is 2.90. The van der Waals surface area contributed by atoms with Gasteiger partial charge in [0.25, 0.3) is 5.91 Å². The Balaban J connectivity index is 1.97. The molecule has 3 N–H and O–H groups in total. The lowest BCUT2D eigenvalue weighted by Crippen LogP contribution is -2.21. The van der Waals surface area contributed by atoms with Crippen LogP contribution in [0.5, 0.6) is 0 Å². The Morgan fingerprint density at radius 1 is 1.50 bits per heavy atom. The second-order valence-corrected chi connectivity index (χ2v) is 5.37. The second-order valence-electron chi connectivity index (χ2n) is 3.45. The minimum atomic E-state index is -0.272. The molecule has 0 aliphatic carbocycles. The molecule has 2 heterocycles. The summed E-state index contributed by atoms with van der Waals surface area (Å²) in [6, 6.07) is 0. The smallest absolute Gasteiger partial charge is 0.263 e. The van der Waals surface area contributed by atoms with Crippen LogP contribution in [-0.2, 0) is 6.54 Å².